The number of hydrogen-bond donors (Lipinski definition) is 3. The Hall–Kier alpha value is -0.610. The third kappa shape index (κ3) is 4.85. The first-order valence-electron chi connectivity index (χ1n) is 4.71. The second-order valence-corrected chi connectivity index (χ2v) is 3.21. The van der Waals surface area contributed by atoms with Crippen LogP contribution in [-0.4, -0.2) is 36.8 Å². The summed E-state index contributed by atoms with van der Waals surface area (Å²) in [5.74, 6) is -0.0606. The van der Waals surface area contributed by atoms with E-state index >= 15 is 0 Å². The maximum Gasteiger partial charge on any atom is 0.233 e. The molecule has 0 fully saturated rings. The zero-order valence-corrected chi connectivity index (χ0v) is 8.68. The minimum Gasteiger partial charge on any atom is -0.389 e. The molecular formula is C9H20N2O2. The summed E-state index contributed by atoms with van der Waals surface area (Å²) >= 11 is 0. The van der Waals surface area contributed by atoms with E-state index in [1.54, 1.807) is 7.05 Å². The van der Waals surface area contributed by atoms with Crippen molar-refractivity contribution in [1.29, 1.82) is 0 Å². The summed E-state index contributed by atoms with van der Waals surface area (Å²) < 4.78 is 0. The fraction of sp³-hybridized carbons (Fsp3) is 0.889. The van der Waals surface area contributed by atoms with Gasteiger partial charge in [-0.05, 0) is 12.8 Å². The minimum atomic E-state index is -0.673. The molecule has 0 unspecified atom stereocenters. The van der Waals surface area contributed by atoms with Crippen LogP contribution in [0.5, 0.6) is 0 Å². The van der Waals surface area contributed by atoms with Crippen LogP contribution in [0.3, 0.4) is 0 Å². The second-order valence-electron chi connectivity index (χ2n) is 3.21. The van der Waals surface area contributed by atoms with Gasteiger partial charge in [-0.15, -0.1) is 0 Å². The van der Waals surface area contributed by atoms with E-state index in [0.29, 0.717) is 19.4 Å². The molecular weight excluding hydrogens is 168 g/mol. The number of nitrogens with one attached hydrogen (secondary N) is 2. The fourth-order valence-electron chi connectivity index (χ4n) is 0.997. The largest absolute Gasteiger partial charge is 0.389 e. The average Bonchev–Trinajstić information content (AvgIpc) is 2.17. The van der Waals surface area contributed by atoms with Gasteiger partial charge in [-0.25, -0.2) is 0 Å². The predicted molar refractivity (Wildman–Crippen MR) is 52.5 cm³/mol. The van der Waals surface area contributed by atoms with Crippen molar-refractivity contribution in [1.82, 2.24) is 10.6 Å². The van der Waals surface area contributed by atoms with Crippen LogP contribution in [0.2, 0.25) is 0 Å². The monoisotopic (exact) mass is 188 g/mol. The topological polar surface area (TPSA) is 61.4 Å². The summed E-state index contributed by atoms with van der Waals surface area (Å²) in [5.41, 5.74) is -0.673. The quantitative estimate of drug-likeness (QED) is 0.544. The summed E-state index contributed by atoms with van der Waals surface area (Å²) in [6.07, 6.45) is 1.40. The van der Waals surface area contributed by atoms with Crippen molar-refractivity contribution < 1.29 is 9.90 Å². The second kappa shape index (κ2) is 5.94. The van der Waals surface area contributed by atoms with E-state index in [4.69, 9.17) is 0 Å². The molecule has 0 rings (SSSR count). The Bertz CT molecular complexity index is 156. The number of rotatable bonds is 6. The summed E-state index contributed by atoms with van der Waals surface area (Å²) in [5, 5.41) is 15.2. The van der Waals surface area contributed by atoms with Gasteiger partial charge >= 0.3 is 0 Å². The van der Waals surface area contributed by atoms with Crippen molar-refractivity contribution >= 4 is 5.91 Å². The average molecular weight is 188 g/mol. The van der Waals surface area contributed by atoms with Gasteiger partial charge in [0.2, 0.25) is 5.91 Å². The van der Waals surface area contributed by atoms with E-state index in [9.17, 15) is 9.90 Å². The molecule has 0 aliphatic carbocycles. The van der Waals surface area contributed by atoms with Gasteiger partial charge in [0.15, 0.2) is 0 Å². The summed E-state index contributed by atoms with van der Waals surface area (Å²) in [6.45, 7) is 4.60. The molecule has 0 bridgehead atoms. The van der Waals surface area contributed by atoms with Crippen LogP contribution in [0.25, 0.3) is 0 Å². The van der Waals surface area contributed by atoms with Crippen LogP contribution in [0.4, 0.5) is 0 Å². The summed E-state index contributed by atoms with van der Waals surface area (Å²) in [4.78, 5) is 10.8. The molecule has 0 spiro atoms. The Balaban J connectivity index is 3.67. The molecule has 0 radical (unpaired) electrons. The lowest BCUT2D eigenvalue weighted by atomic mass is 9.98. The lowest BCUT2D eigenvalue weighted by molar-refractivity contribution is -0.119. The van der Waals surface area contributed by atoms with Crippen molar-refractivity contribution in [2.75, 3.05) is 20.1 Å². The molecule has 0 atom stereocenters. The van der Waals surface area contributed by atoms with Gasteiger partial charge < -0.3 is 15.7 Å². The predicted octanol–water partition coefficient (Wildman–Crippen LogP) is -0.127. The maximum atomic E-state index is 10.8. The van der Waals surface area contributed by atoms with Crippen molar-refractivity contribution in [2.45, 2.75) is 32.3 Å². The first-order valence-corrected chi connectivity index (χ1v) is 4.71. The van der Waals surface area contributed by atoms with Crippen molar-refractivity contribution in [3.8, 4) is 0 Å². The third-order valence-electron chi connectivity index (χ3n) is 2.33. The Labute approximate surface area is 79.7 Å². The zero-order valence-electron chi connectivity index (χ0n) is 8.68. The molecule has 1 amide bonds. The fourth-order valence-corrected chi connectivity index (χ4v) is 0.997. The number of aliphatic hydroxyl groups is 1. The molecule has 78 valence electrons. The van der Waals surface area contributed by atoms with Crippen LogP contribution in [0.1, 0.15) is 26.7 Å². The summed E-state index contributed by atoms with van der Waals surface area (Å²) in [7, 11) is 1.59. The molecule has 0 aromatic carbocycles. The van der Waals surface area contributed by atoms with Gasteiger partial charge in [-0.2, -0.15) is 0 Å². The lowest BCUT2D eigenvalue weighted by Crippen LogP contribution is -2.43. The lowest BCUT2D eigenvalue weighted by Gasteiger charge is -2.25. The zero-order chi connectivity index (χ0) is 10.3. The molecule has 0 heterocycles. The number of likely N-dealkylation sites (N-methyl/N-ethyl adjacent to an activating group) is 1. The van der Waals surface area contributed by atoms with Gasteiger partial charge in [-0.1, -0.05) is 13.8 Å². The standard InChI is InChI=1S/C9H20N2O2/c1-4-9(13,5-2)7-11-6-8(12)10-3/h11,13H,4-7H2,1-3H3,(H,10,12). The molecule has 3 N–H and O–H groups in total. The smallest absolute Gasteiger partial charge is 0.233 e. The molecule has 4 heteroatoms. The molecule has 0 aliphatic rings. The van der Waals surface area contributed by atoms with Gasteiger partial charge in [-0.3, -0.25) is 4.79 Å². The van der Waals surface area contributed by atoms with E-state index in [-0.39, 0.29) is 12.5 Å². The van der Waals surface area contributed by atoms with Crippen LogP contribution in [0, 0.1) is 0 Å². The van der Waals surface area contributed by atoms with Crippen molar-refractivity contribution in [2.24, 2.45) is 0 Å². The molecule has 0 aromatic rings. The molecule has 0 aromatic heterocycles. The van der Waals surface area contributed by atoms with Crippen LogP contribution in [0.15, 0.2) is 0 Å². The number of carbonyl (C=O) groups excluding carboxylic acids is 1. The van der Waals surface area contributed by atoms with E-state index < -0.39 is 5.60 Å². The Morgan fingerprint density at radius 2 is 1.92 bits per heavy atom. The maximum absolute atomic E-state index is 10.8. The number of carbonyl (C=O) groups is 1. The van der Waals surface area contributed by atoms with Crippen LogP contribution >= 0.6 is 0 Å². The van der Waals surface area contributed by atoms with Gasteiger partial charge in [0.1, 0.15) is 0 Å². The first-order chi connectivity index (χ1) is 6.08. The molecule has 0 saturated carbocycles. The number of amides is 1. The highest BCUT2D eigenvalue weighted by atomic mass is 16.3. The van der Waals surface area contributed by atoms with Gasteiger partial charge in [0, 0.05) is 13.6 Å². The van der Waals surface area contributed by atoms with Gasteiger partial charge in [0.25, 0.3) is 0 Å². The van der Waals surface area contributed by atoms with E-state index in [2.05, 4.69) is 10.6 Å². The SMILES string of the molecule is CCC(O)(CC)CNCC(=O)NC. The third-order valence-corrected chi connectivity index (χ3v) is 2.33. The normalized spacial score (nSPS) is 11.4. The van der Waals surface area contributed by atoms with E-state index in [1.807, 2.05) is 13.8 Å². The van der Waals surface area contributed by atoms with Crippen LogP contribution < -0.4 is 10.6 Å². The van der Waals surface area contributed by atoms with Crippen LogP contribution in [-0.2, 0) is 4.79 Å². The van der Waals surface area contributed by atoms with Crippen molar-refractivity contribution in [3.63, 3.8) is 0 Å². The first kappa shape index (κ1) is 12.4. The Morgan fingerprint density at radius 3 is 2.31 bits per heavy atom. The Morgan fingerprint density at radius 1 is 1.38 bits per heavy atom. The molecule has 4 nitrogen and oxygen atoms in total. The van der Waals surface area contributed by atoms with Crippen molar-refractivity contribution in [3.05, 3.63) is 0 Å². The highest BCUT2D eigenvalue weighted by Gasteiger charge is 2.21. The Kier molecular flexibility index (Phi) is 5.66. The molecule has 13 heavy (non-hydrogen) atoms. The van der Waals surface area contributed by atoms with E-state index in [0.717, 1.165) is 0 Å². The molecule has 0 aliphatic heterocycles. The van der Waals surface area contributed by atoms with E-state index in [1.165, 1.54) is 0 Å². The summed E-state index contributed by atoms with van der Waals surface area (Å²) in [6, 6.07) is 0. The molecule has 0 saturated heterocycles. The number of hydrogen-bond acceptors (Lipinski definition) is 3. The highest BCUT2D eigenvalue weighted by Crippen LogP contribution is 2.12. The van der Waals surface area contributed by atoms with Gasteiger partial charge in [0.05, 0.1) is 12.1 Å². The minimum absolute atomic E-state index is 0.0606. The highest BCUT2D eigenvalue weighted by molar-refractivity contribution is 5.77.